The summed E-state index contributed by atoms with van der Waals surface area (Å²) in [5.74, 6) is 0.693. The molecule has 6 rings (SSSR count). The van der Waals surface area contributed by atoms with E-state index in [4.69, 9.17) is 4.98 Å². The Morgan fingerprint density at radius 3 is 2.48 bits per heavy atom. The molecule has 1 atom stereocenters. The van der Waals surface area contributed by atoms with E-state index >= 15 is 0 Å². The Morgan fingerprint density at radius 2 is 1.73 bits per heavy atom. The maximum atomic E-state index is 9.95. The van der Waals surface area contributed by atoms with Gasteiger partial charge in [0.1, 0.15) is 11.2 Å². The summed E-state index contributed by atoms with van der Waals surface area (Å²) in [6, 6.07) is 25.4. The number of rotatable bonds is 6. The van der Waals surface area contributed by atoms with Crippen molar-refractivity contribution in [3.8, 4) is 28.4 Å². The molecule has 2 aliphatic heterocycles. The van der Waals surface area contributed by atoms with Crippen molar-refractivity contribution < 1.29 is 5.11 Å². The third-order valence-electron chi connectivity index (χ3n) is 8.03. The number of aliphatic hydroxyl groups excluding tert-OH is 1. The number of nitrogens with zero attached hydrogens (tertiary/aromatic N) is 4. The Kier molecular flexibility index (Phi) is 7.08. The zero-order valence-electron chi connectivity index (χ0n) is 22.9. The van der Waals surface area contributed by atoms with Crippen LogP contribution in [0, 0.1) is 25.3 Å². The van der Waals surface area contributed by atoms with Crippen molar-refractivity contribution in [2.75, 3.05) is 25.0 Å². The second kappa shape index (κ2) is 11.0. The molecule has 0 amide bonds. The Balaban J connectivity index is 1.37. The minimum Gasteiger partial charge on any atom is -0.392 e. The summed E-state index contributed by atoms with van der Waals surface area (Å²) in [6.07, 6.45) is 6.84. The second-order valence-electron chi connectivity index (χ2n) is 10.7. The van der Waals surface area contributed by atoms with Crippen LogP contribution in [0.1, 0.15) is 23.1 Å². The number of aliphatic hydroxyl groups is 1. The molecule has 0 spiro atoms. The number of aromatic nitrogens is 1. The van der Waals surface area contributed by atoms with Crippen LogP contribution in [0.2, 0.25) is 0 Å². The molecule has 4 aromatic rings. The topological polar surface area (TPSA) is 75.4 Å². The number of anilines is 1. The van der Waals surface area contributed by atoms with Crippen molar-refractivity contribution >= 4 is 17.6 Å². The number of pyridine rings is 1. The average molecular weight is 528 g/mol. The van der Waals surface area contributed by atoms with E-state index in [-0.39, 0.29) is 6.10 Å². The van der Waals surface area contributed by atoms with Crippen LogP contribution in [0.3, 0.4) is 0 Å². The Bertz CT molecular complexity index is 1720. The van der Waals surface area contributed by atoms with Crippen LogP contribution >= 0.6 is 0 Å². The number of β-amino-alcohol motifs (C(OH)–C–C–N with tert-alkyl or cyclic N) is 1. The number of nitriles is 1. The fraction of sp³-hybridized carbons (Fsp3) is 0.235. The number of hydrogen-bond acceptors (Lipinski definition) is 6. The minimum atomic E-state index is -0.242. The zero-order valence-corrected chi connectivity index (χ0v) is 22.9. The molecule has 0 unspecified atom stereocenters. The van der Waals surface area contributed by atoms with Crippen LogP contribution in [-0.2, 0) is 6.54 Å². The molecule has 2 aliphatic rings. The van der Waals surface area contributed by atoms with Gasteiger partial charge >= 0.3 is 0 Å². The van der Waals surface area contributed by atoms with Crippen molar-refractivity contribution in [2.24, 2.45) is 0 Å². The van der Waals surface area contributed by atoms with Gasteiger partial charge in [0.25, 0.3) is 0 Å². The van der Waals surface area contributed by atoms with Crippen LogP contribution in [-0.4, -0.2) is 45.6 Å². The van der Waals surface area contributed by atoms with Gasteiger partial charge in [0, 0.05) is 36.7 Å². The number of benzene rings is 3. The molecule has 0 bridgehead atoms. The standard InChI is InChI=1S/C34H33N5O/c1-23-29(26-8-4-3-5-9-26)10-6-11-30(23)31-12-7-13-32(24(31)2)37-34-33-27(14-17-39(34)22-35)18-25(19-36-33)20-38-16-15-28(40)21-38/h3-14,18-19,28,37,40H,15-17,20-21H2,1-2H3/t28-/m1/s1. The van der Waals surface area contributed by atoms with E-state index in [1.165, 1.54) is 22.3 Å². The highest BCUT2D eigenvalue weighted by molar-refractivity contribution is 5.83. The van der Waals surface area contributed by atoms with Crippen molar-refractivity contribution in [3.05, 3.63) is 106 Å². The monoisotopic (exact) mass is 527 g/mol. The lowest BCUT2D eigenvalue weighted by molar-refractivity contribution is 0.174. The van der Waals surface area contributed by atoms with Gasteiger partial charge in [0.15, 0.2) is 6.19 Å². The molecule has 0 saturated carbocycles. The fourth-order valence-corrected chi connectivity index (χ4v) is 5.86. The first-order chi connectivity index (χ1) is 19.5. The molecule has 1 aromatic heterocycles. The molecule has 3 aromatic carbocycles. The highest BCUT2D eigenvalue weighted by Gasteiger charge is 2.21. The largest absolute Gasteiger partial charge is 0.392 e. The maximum Gasteiger partial charge on any atom is 0.185 e. The summed E-state index contributed by atoms with van der Waals surface area (Å²) >= 11 is 0. The number of nitrogens with one attached hydrogen (secondary N) is 1. The van der Waals surface area contributed by atoms with Crippen LogP contribution in [0.15, 0.2) is 79.0 Å². The summed E-state index contributed by atoms with van der Waals surface area (Å²) in [5, 5.41) is 25.2. The number of likely N-dealkylation sites (tertiary alicyclic amines) is 1. The summed E-state index contributed by atoms with van der Waals surface area (Å²) in [5.41, 5.74) is 9.18. The first kappa shape index (κ1) is 25.8. The molecular weight excluding hydrogens is 494 g/mol. The van der Waals surface area contributed by atoms with Crippen LogP contribution in [0.4, 0.5) is 5.69 Å². The van der Waals surface area contributed by atoms with E-state index in [0.29, 0.717) is 18.9 Å². The quantitative estimate of drug-likeness (QED) is 0.363. The molecule has 1 saturated heterocycles. The van der Waals surface area contributed by atoms with Crippen molar-refractivity contribution in [1.29, 1.82) is 5.26 Å². The first-order valence-electron chi connectivity index (χ1n) is 13.8. The van der Waals surface area contributed by atoms with Gasteiger partial charge in [0.2, 0.25) is 0 Å². The zero-order chi connectivity index (χ0) is 27.6. The third kappa shape index (κ3) is 4.98. The van der Waals surface area contributed by atoms with Crippen LogP contribution < -0.4 is 15.9 Å². The Morgan fingerprint density at radius 1 is 0.975 bits per heavy atom. The van der Waals surface area contributed by atoms with E-state index in [0.717, 1.165) is 52.5 Å². The van der Waals surface area contributed by atoms with Crippen molar-refractivity contribution in [1.82, 2.24) is 14.8 Å². The van der Waals surface area contributed by atoms with Gasteiger partial charge in [-0.3, -0.25) is 14.8 Å². The maximum absolute atomic E-state index is 9.95. The predicted molar refractivity (Wildman–Crippen MR) is 160 cm³/mol. The Labute approximate surface area is 235 Å². The highest BCUT2D eigenvalue weighted by Crippen LogP contribution is 2.35. The van der Waals surface area contributed by atoms with Gasteiger partial charge < -0.3 is 10.4 Å². The van der Waals surface area contributed by atoms with Gasteiger partial charge in [-0.2, -0.15) is 5.26 Å². The van der Waals surface area contributed by atoms with Crippen LogP contribution in [0.5, 0.6) is 0 Å². The van der Waals surface area contributed by atoms with Gasteiger partial charge in [-0.25, -0.2) is 0 Å². The number of fused-ring (bicyclic) bond motifs is 1. The summed E-state index contributed by atoms with van der Waals surface area (Å²) < 4.78 is 0. The smallest absolute Gasteiger partial charge is 0.185 e. The average Bonchev–Trinajstić information content (AvgIpc) is 3.39. The van der Waals surface area contributed by atoms with E-state index < -0.39 is 0 Å². The lowest BCUT2D eigenvalue weighted by Crippen LogP contribution is -2.43. The molecular formula is C34H33N5O. The molecule has 3 heterocycles. The van der Waals surface area contributed by atoms with Gasteiger partial charge in [0.05, 0.1) is 12.6 Å². The highest BCUT2D eigenvalue weighted by atomic mass is 16.3. The fourth-order valence-electron chi connectivity index (χ4n) is 5.86. The molecule has 1 fully saturated rings. The van der Waals surface area contributed by atoms with E-state index in [1.807, 2.05) is 12.3 Å². The van der Waals surface area contributed by atoms with E-state index in [2.05, 4.69) is 103 Å². The molecule has 0 aliphatic carbocycles. The summed E-state index contributed by atoms with van der Waals surface area (Å²) in [7, 11) is 0. The van der Waals surface area contributed by atoms with Crippen molar-refractivity contribution in [3.63, 3.8) is 0 Å². The van der Waals surface area contributed by atoms with Gasteiger partial charge in [-0.1, -0.05) is 66.7 Å². The third-order valence-corrected chi connectivity index (χ3v) is 8.03. The van der Waals surface area contributed by atoms with E-state index in [1.54, 1.807) is 4.90 Å². The number of hydrogen-bond donors (Lipinski definition) is 2. The Hall–Kier alpha value is -4.44. The van der Waals surface area contributed by atoms with Crippen molar-refractivity contribution in [2.45, 2.75) is 32.9 Å². The molecule has 6 heteroatoms. The molecule has 200 valence electrons. The van der Waals surface area contributed by atoms with Crippen LogP contribution in [0.25, 0.3) is 34.2 Å². The predicted octanol–water partition coefficient (Wildman–Crippen LogP) is 4.35. The molecule has 2 N–H and O–H groups in total. The lowest BCUT2D eigenvalue weighted by Gasteiger charge is -2.24. The molecule has 6 nitrogen and oxygen atoms in total. The normalized spacial score (nSPS) is 16.8. The second-order valence-corrected chi connectivity index (χ2v) is 10.7. The summed E-state index contributed by atoms with van der Waals surface area (Å²) in [4.78, 5) is 8.72. The minimum absolute atomic E-state index is 0.242. The van der Waals surface area contributed by atoms with Gasteiger partial charge in [-0.15, -0.1) is 0 Å². The van der Waals surface area contributed by atoms with Gasteiger partial charge in [-0.05, 0) is 71.3 Å². The summed E-state index contributed by atoms with van der Waals surface area (Å²) in [6.45, 7) is 7.15. The SMILES string of the molecule is Cc1c(NC2=c3ncc(CN4CC[C@@H](O)C4)cc3=CCN2C#N)cccc1-c1cccc(-c2ccccc2)c1C. The lowest BCUT2D eigenvalue weighted by atomic mass is 9.90. The molecule has 40 heavy (non-hydrogen) atoms. The first-order valence-corrected chi connectivity index (χ1v) is 13.8. The molecule has 0 radical (unpaired) electrons. The van der Waals surface area contributed by atoms with E-state index in [9.17, 15) is 10.4 Å².